The third-order valence-electron chi connectivity index (χ3n) is 6.12. The fraction of sp³-hybridized carbons (Fsp3) is 0.320. The molecule has 3 aromatic rings. The van der Waals surface area contributed by atoms with Gasteiger partial charge < -0.3 is 15.0 Å². The van der Waals surface area contributed by atoms with Crippen molar-refractivity contribution in [1.29, 1.82) is 0 Å². The summed E-state index contributed by atoms with van der Waals surface area (Å²) in [5.41, 5.74) is 2.71. The van der Waals surface area contributed by atoms with E-state index in [0.29, 0.717) is 19.5 Å². The Morgan fingerprint density at radius 3 is 2.57 bits per heavy atom. The number of sulfonamides is 1. The molecule has 0 bridgehead atoms. The van der Waals surface area contributed by atoms with Gasteiger partial charge >= 0.3 is 0 Å². The molecule has 1 atom stereocenters. The number of piperidine rings is 1. The van der Waals surface area contributed by atoms with Gasteiger partial charge in [0.15, 0.2) is 0 Å². The predicted octanol–water partition coefficient (Wildman–Crippen LogP) is 2.37. The number of ether oxygens (including phenoxy) is 1. The molecule has 10 heteroatoms. The number of carbonyl (C=O) groups excluding carboxylic acids is 1. The van der Waals surface area contributed by atoms with Crippen molar-refractivity contribution in [1.82, 2.24) is 15.3 Å². The highest BCUT2D eigenvalue weighted by Crippen LogP contribution is 2.26. The SMILES string of the molecule is COc1ccc(-c2cc(N3CCCC(C(=O)NCCc4ccc(S(N)(=O)=O)cc4)C3)ncn2)cc1. The summed E-state index contributed by atoms with van der Waals surface area (Å²) in [6.45, 7) is 1.90. The molecule has 1 amide bonds. The van der Waals surface area contributed by atoms with Gasteiger partial charge in [0.05, 0.1) is 23.6 Å². The average molecular weight is 496 g/mol. The molecule has 0 aliphatic carbocycles. The van der Waals surface area contributed by atoms with Crippen molar-refractivity contribution < 1.29 is 17.9 Å². The molecule has 184 valence electrons. The van der Waals surface area contributed by atoms with Crippen LogP contribution in [0.4, 0.5) is 5.82 Å². The fourth-order valence-corrected chi connectivity index (χ4v) is 4.67. The van der Waals surface area contributed by atoms with Gasteiger partial charge in [-0.2, -0.15) is 0 Å². The maximum Gasteiger partial charge on any atom is 0.238 e. The first-order valence-corrected chi connectivity index (χ1v) is 13.0. The van der Waals surface area contributed by atoms with Crippen molar-refractivity contribution in [3.63, 3.8) is 0 Å². The summed E-state index contributed by atoms with van der Waals surface area (Å²) >= 11 is 0. The molecule has 1 saturated heterocycles. The molecule has 0 saturated carbocycles. The van der Waals surface area contributed by atoms with E-state index >= 15 is 0 Å². The minimum Gasteiger partial charge on any atom is -0.497 e. The Labute approximate surface area is 205 Å². The number of carbonyl (C=O) groups is 1. The number of hydrogen-bond donors (Lipinski definition) is 2. The van der Waals surface area contributed by atoms with E-state index in [1.54, 1.807) is 25.6 Å². The van der Waals surface area contributed by atoms with Gasteiger partial charge in [-0.15, -0.1) is 0 Å². The lowest BCUT2D eigenvalue weighted by Gasteiger charge is -2.33. The van der Waals surface area contributed by atoms with Gasteiger partial charge in [0.1, 0.15) is 17.9 Å². The van der Waals surface area contributed by atoms with Crippen LogP contribution in [0.15, 0.2) is 65.8 Å². The number of nitrogens with two attached hydrogens (primary N) is 1. The number of aromatic nitrogens is 2. The van der Waals surface area contributed by atoms with Crippen LogP contribution in [-0.4, -0.2) is 51.0 Å². The van der Waals surface area contributed by atoms with E-state index in [1.807, 2.05) is 30.3 Å². The van der Waals surface area contributed by atoms with Gasteiger partial charge in [0, 0.05) is 31.3 Å². The van der Waals surface area contributed by atoms with E-state index in [9.17, 15) is 13.2 Å². The molecule has 9 nitrogen and oxygen atoms in total. The summed E-state index contributed by atoms with van der Waals surface area (Å²) in [7, 11) is -2.07. The lowest BCUT2D eigenvalue weighted by Crippen LogP contribution is -2.43. The Balaban J connectivity index is 1.33. The number of amides is 1. The fourth-order valence-electron chi connectivity index (χ4n) is 4.16. The molecule has 2 heterocycles. The van der Waals surface area contributed by atoms with E-state index in [2.05, 4.69) is 20.2 Å². The van der Waals surface area contributed by atoms with Crippen molar-refractivity contribution in [2.45, 2.75) is 24.2 Å². The molecule has 4 rings (SSSR count). The number of nitrogens with one attached hydrogen (secondary N) is 1. The zero-order chi connectivity index (χ0) is 24.8. The molecule has 0 radical (unpaired) electrons. The Morgan fingerprint density at radius 1 is 1.14 bits per heavy atom. The molecule has 35 heavy (non-hydrogen) atoms. The lowest BCUT2D eigenvalue weighted by molar-refractivity contribution is -0.125. The number of primary sulfonamides is 1. The highest BCUT2D eigenvalue weighted by Gasteiger charge is 2.26. The number of benzene rings is 2. The van der Waals surface area contributed by atoms with Crippen LogP contribution < -0.4 is 20.1 Å². The largest absolute Gasteiger partial charge is 0.497 e. The molecule has 1 fully saturated rings. The van der Waals surface area contributed by atoms with Crippen LogP contribution >= 0.6 is 0 Å². The van der Waals surface area contributed by atoms with Gasteiger partial charge in [-0.1, -0.05) is 12.1 Å². The van der Waals surface area contributed by atoms with Crippen LogP contribution in [-0.2, 0) is 21.2 Å². The third kappa shape index (κ3) is 6.34. The Kier molecular flexibility index (Phi) is 7.62. The first kappa shape index (κ1) is 24.6. The third-order valence-corrected chi connectivity index (χ3v) is 7.05. The van der Waals surface area contributed by atoms with Crippen molar-refractivity contribution in [2.24, 2.45) is 11.1 Å². The second-order valence-electron chi connectivity index (χ2n) is 8.51. The minimum absolute atomic E-state index is 0.0142. The Bertz CT molecular complexity index is 1260. The highest BCUT2D eigenvalue weighted by molar-refractivity contribution is 7.89. The van der Waals surface area contributed by atoms with Crippen molar-refractivity contribution >= 4 is 21.7 Å². The molecule has 2 aromatic carbocycles. The van der Waals surface area contributed by atoms with E-state index < -0.39 is 10.0 Å². The second-order valence-corrected chi connectivity index (χ2v) is 10.1. The van der Waals surface area contributed by atoms with Crippen LogP contribution in [0.25, 0.3) is 11.3 Å². The number of nitrogens with zero attached hydrogens (tertiary/aromatic N) is 3. The van der Waals surface area contributed by atoms with E-state index in [0.717, 1.165) is 47.8 Å². The molecule has 3 N–H and O–H groups in total. The van der Waals surface area contributed by atoms with Gasteiger partial charge in [-0.25, -0.2) is 23.5 Å². The second kappa shape index (κ2) is 10.8. The molecular weight excluding hydrogens is 466 g/mol. The standard InChI is InChI=1S/C25H29N5O4S/c1-34-21-8-6-19(7-9-21)23-15-24(29-17-28-23)30-14-2-3-20(16-30)25(31)27-13-12-18-4-10-22(11-5-18)35(26,32)33/h4-11,15,17,20H,2-3,12-14,16H2,1H3,(H,27,31)(H2,26,32,33). The van der Waals surface area contributed by atoms with Crippen molar-refractivity contribution in [3.8, 4) is 17.0 Å². The molecule has 1 aliphatic rings. The Hall–Kier alpha value is -3.50. The first-order chi connectivity index (χ1) is 16.8. The van der Waals surface area contributed by atoms with Crippen LogP contribution in [0.3, 0.4) is 0 Å². The summed E-state index contributed by atoms with van der Waals surface area (Å²) in [5, 5.41) is 8.14. The van der Waals surface area contributed by atoms with Crippen LogP contribution in [0.5, 0.6) is 5.75 Å². The van der Waals surface area contributed by atoms with Crippen LogP contribution in [0.2, 0.25) is 0 Å². The van der Waals surface area contributed by atoms with Crippen molar-refractivity contribution in [2.75, 3.05) is 31.6 Å². The minimum atomic E-state index is -3.71. The van der Waals surface area contributed by atoms with Gasteiger partial charge in [-0.05, 0) is 61.2 Å². The summed E-state index contributed by atoms with van der Waals surface area (Å²) in [4.78, 5) is 23.9. The van der Waals surface area contributed by atoms with E-state index in [-0.39, 0.29) is 16.7 Å². The molecule has 1 aromatic heterocycles. The molecular formula is C25H29N5O4S. The average Bonchev–Trinajstić information content (AvgIpc) is 2.88. The number of anilines is 1. The molecule has 0 spiro atoms. The number of hydrogen-bond acceptors (Lipinski definition) is 7. The highest BCUT2D eigenvalue weighted by atomic mass is 32.2. The van der Waals surface area contributed by atoms with Gasteiger partial charge in [0.2, 0.25) is 15.9 Å². The number of methoxy groups -OCH3 is 1. The van der Waals surface area contributed by atoms with Crippen LogP contribution in [0, 0.1) is 5.92 Å². The maximum absolute atomic E-state index is 12.8. The zero-order valence-corrected chi connectivity index (χ0v) is 20.4. The summed E-state index contributed by atoms with van der Waals surface area (Å²) in [5.74, 6) is 1.47. The van der Waals surface area contributed by atoms with Gasteiger partial charge in [-0.3, -0.25) is 4.79 Å². The van der Waals surface area contributed by atoms with Crippen molar-refractivity contribution in [3.05, 3.63) is 66.5 Å². The first-order valence-electron chi connectivity index (χ1n) is 11.4. The quantitative estimate of drug-likeness (QED) is 0.491. The van der Waals surface area contributed by atoms with Crippen LogP contribution in [0.1, 0.15) is 18.4 Å². The smallest absolute Gasteiger partial charge is 0.238 e. The zero-order valence-electron chi connectivity index (χ0n) is 19.6. The maximum atomic E-state index is 12.8. The number of rotatable bonds is 8. The van der Waals surface area contributed by atoms with E-state index in [1.165, 1.54) is 12.1 Å². The predicted molar refractivity (Wildman–Crippen MR) is 133 cm³/mol. The summed E-state index contributed by atoms with van der Waals surface area (Å²) in [6.07, 6.45) is 3.88. The van der Waals surface area contributed by atoms with Gasteiger partial charge in [0.25, 0.3) is 0 Å². The topological polar surface area (TPSA) is 128 Å². The summed E-state index contributed by atoms with van der Waals surface area (Å²) in [6, 6.07) is 16.0. The molecule has 1 unspecified atom stereocenters. The Morgan fingerprint density at radius 2 is 1.89 bits per heavy atom. The lowest BCUT2D eigenvalue weighted by atomic mass is 9.97. The summed E-state index contributed by atoms with van der Waals surface area (Å²) < 4.78 is 28.0. The normalized spacial score (nSPS) is 16.1. The monoisotopic (exact) mass is 495 g/mol. The molecule has 1 aliphatic heterocycles. The van der Waals surface area contributed by atoms with E-state index in [4.69, 9.17) is 9.88 Å².